The number of nitrogens with one attached hydrogen (secondary N) is 1. The second kappa shape index (κ2) is 7.80. The lowest BCUT2D eigenvalue weighted by Crippen LogP contribution is -2.32. The second-order valence-corrected chi connectivity index (χ2v) is 7.69. The number of fused-ring (bicyclic) bond motifs is 3. The number of benzene rings is 2. The Morgan fingerprint density at radius 2 is 1.90 bits per heavy atom. The molecule has 1 amide bonds. The highest BCUT2D eigenvalue weighted by molar-refractivity contribution is 5.97. The summed E-state index contributed by atoms with van der Waals surface area (Å²) in [4.78, 5) is 26.0. The van der Waals surface area contributed by atoms with Gasteiger partial charge in [-0.05, 0) is 48.7 Å². The lowest BCUT2D eigenvalue weighted by molar-refractivity contribution is 0.0858. The zero-order valence-corrected chi connectivity index (χ0v) is 16.6. The average molecular weight is 401 g/mol. The molecule has 0 aliphatic carbocycles. The molecule has 2 aromatic heterocycles. The van der Waals surface area contributed by atoms with Crippen LogP contribution < -0.4 is 10.9 Å². The van der Waals surface area contributed by atoms with Crippen LogP contribution in [0.5, 0.6) is 0 Å². The van der Waals surface area contributed by atoms with E-state index in [4.69, 9.17) is 4.74 Å². The summed E-state index contributed by atoms with van der Waals surface area (Å²) >= 11 is 0. The molecule has 3 heterocycles. The summed E-state index contributed by atoms with van der Waals surface area (Å²) in [7, 11) is 0. The van der Waals surface area contributed by atoms with E-state index < -0.39 is 0 Å². The van der Waals surface area contributed by atoms with Crippen molar-refractivity contribution in [1.82, 2.24) is 14.3 Å². The molecule has 1 aliphatic heterocycles. The van der Waals surface area contributed by atoms with Crippen LogP contribution in [-0.4, -0.2) is 34.1 Å². The summed E-state index contributed by atoms with van der Waals surface area (Å²) in [5.41, 5.74) is 3.74. The first-order chi connectivity index (χ1) is 14.7. The van der Waals surface area contributed by atoms with Crippen molar-refractivity contribution in [3.63, 3.8) is 0 Å². The molecule has 152 valence electrons. The maximum atomic E-state index is 13.2. The Bertz CT molecular complexity index is 1270. The van der Waals surface area contributed by atoms with Gasteiger partial charge in [0, 0.05) is 24.9 Å². The standard InChI is InChI=1S/C24H23N3O3/c28-23(25-15-19-8-5-13-30-19)18-10-11-20-22(14-18)27(16-17-6-2-1-3-7-17)24(29)21-9-4-12-26(20)21/h1-4,6-7,9-12,14,19H,5,8,13,15-16H2,(H,25,28). The normalized spacial score (nSPS) is 16.3. The highest BCUT2D eigenvalue weighted by Gasteiger charge is 2.18. The Morgan fingerprint density at radius 1 is 1.03 bits per heavy atom. The van der Waals surface area contributed by atoms with Crippen LogP contribution in [0.15, 0.2) is 71.7 Å². The van der Waals surface area contributed by atoms with E-state index in [0.717, 1.165) is 36.0 Å². The summed E-state index contributed by atoms with van der Waals surface area (Å²) in [5.74, 6) is -0.154. The molecule has 0 radical (unpaired) electrons. The highest BCUT2D eigenvalue weighted by atomic mass is 16.5. The molecular weight excluding hydrogens is 378 g/mol. The van der Waals surface area contributed by atoms with Gasteiger partial charge in [-0.2, -0.15) is 0 Å². The first-order valence-electron chi connectivity index (χ1n) is 10.3. The molecule has 1 fully saturated rings. The summed E-state index contributed by atoms with van der Waals surface area (Å²) in [6.07, 6.45) is 3.98. The molecule has 6 heteroatoms. The first-order valence-corrected chi connectivity index (χ1v) is 10.3. The van der Waals surface area contributed by atoms with Crippen molar-refractivity contribution in [3.05, 3.63) is 88.3 Å². The van der Waals surface area contributed by atoms with E-state index in [1.165, 1.54) is 0 Å². The first kappa shape index (κ1) is 18.6. The third-order valence-electron chi connectivity index (χ3n) is 5.70. The number of aromatic nitrogens is 2. The predicted molar refractivity (Wildman–Crippen MR) is 116 cm³/mol. The largest absolute Gasteiger partial charge is 0.376 e. The number of rotatable bonds is 5. The Labute approximate surface area is 173 Å². The molecular formula is C24H23N3O3. The summed E-state index contributed by atoms with van der Waals surface area (Å²) in [6.45, 7) is 1.71. The molecule has 0 bridgehead atoms. The van der Waals surface area contributed by atoms with Crippen LogP contribution >= 0.6 is 0 Å². The van der Waals surface area contributed by atoms with Crippen molar-refractivity contribution in [3.8, 4) is 0 Å². The van der Waals surface area contributed by atoms with Gasteiger partial charge in [0.25, 0.3) is 11.5 Å². The minimum absolute atomic E-state index is 0.0757. The number of nitrogens with zero attached hydrogens (tertiary/aromatic N) is 2. The summed E-state index contributed by atoms with van der Waals surface area (Å²) < 4.78 is 9.22. The van der Waals surface area contributed by atoms with E-state index in [9.17, 15) is 9.59 Å². The topological polar surface area (TPSA) is 64.7 Å². The van der Waals surface area contributed by atoms with E-state index in [2.05, 4.69) is 5.32 Å². The Balaban J connectivity index is 1.57. The number of amides is 1. The van der Waals surface area contributed by atoms with Gasteiger partial charge in [-0.1, -0.05) is 30.3 Å². The van der Waals surface area contributed by atoms with Crippen molar-refractivity contribution in [2.24, 2.45) is 0 Å². The van der Waals surface area contributed by atoms with Gasteiger partial charge in [0.2, 0.25) is 0 Å². The minimum atomic E-state index is -0.154. The van der Waals surface area contributed by atoms with Gasteiger partial charge in [0.1, 0.15) is 5.52 Å². The van der Waals surface area contributed by atoms with Crippen molar-refractivity contribution in [2.45, 2.75) is 25.5 Å². The molecule has 4 aromatic rings. The molecule has 6 nitrogen and oxygen atoms in total. The monoisotopic (exact) mass is 401 g/mol. The van der Waals surface area contributed by atoms with E-state index in [1.807, 2.05) is 71.3 Å². The lowest BCUT2D eigenvalue weighted by Gasteiger charge is -2.15. The maximum Gasteiger partial charge on any atom is 0.275 e. The van der Waals surface area contributed by atoms with E-state index >= 15 is 0 Å². The van der Waals surface area contributed by atoms with Gasteiger partial charge in [-0.25, -0.2) is 0 Å². The quantitative estimate of drug-likeness (QED) is 0.559. The smallest absolute Gasteiger partial charge is 0.275 e. The molecule has 1 aliphatic rings. The van der Waals surface area contributed by atoms with Gasteiger partial charge in [0.05, 0.1) is 23.7 Å². The molecule has 0 saturated carbocycles. The fraction of sp³-hybridized carbons (Fsp3) is 0.250. The van der Waals surface area contributed by atoms with E-state index in [-0.39, 0.29) is 17.6 Å². The van der Waals surface area contributed by atoms with Crippen LogP contribution in [-0.2, 0) is 11.3 Å². The third-order valence-corrected chi connectivity index (χ3v) is 5.70. The number of carbonyl (C=O) groups excluding carboxylic acids is 1. The molecule has 30 heavy (non-hydrogen) atoms. The van der Waals surface area contributed by atoms with Gasteiger partial charge >= 0.3 is 0 Å². The van der Waals surface area contributed by atoms with Crippen molar-refractivity contribution in [2.75, 3.05) is 13.2 Å². The fourth-order valence-electron chi connectivity index (χ4n) is 4.13. The molecule has 1 unspecified atom stereocenters. The van der Waals surface area contributed by atoms with Gasteiger partial charge < -0.3 is 19.0 Å². The average Bonchev–Trinajstić information content (AvgIpc) is 3.47. The number of ether oxygens (including phenoxy) is 1. The molecule has 1 N–H and O–H groups in total. The molecule has 0 spiro atoms. The number of hydrogen-bond acceptors (Lipinski definition) is 3. The Kier molecular flexibility index (Phi) is 4.85. The summed E-state index contributed by atoms with van der Waals surface area (Å²) in [6, 6.07) is 19.1. The van der Waals surface area contributed by atoms with Crippen molar-refractivity contribution >= 4 is 22.5 Å². The highest BCUT2D eigenvalue weighted by Crippen LogP contribution is 2.19. The zero-order valence-electron chi connectivity index (χ0n) is 16.6. The molecule has 1 saturated heterocycles. The molecule has 1 atom stereocenters. The SMILES string of the molecule is O=C(NCC1CCCO1)c1ccc2c(c1)n(Cc1ccccc1)c(=O)c1cccn12. The van der Waals surface area contributed by atoms with Crippen LogP contribution in [0.2, 0.25) is 0 Å². The minimum Gasteiger partial charge on any atom is -0.376 e. The van der Waals surface area contributed by atoms with Crippen LogP contribution in [0.25, 0.3) is 16.6 Å². The van der Waals surface area contributed by atoms with Crippen LogP contribution in [0, 0.1) is 0 Å². The molecule has 5 rings (SSSR count). The fourth-order valence-corrected chi connectivity index (χ4v) is 4.13. The van der Waals surface area contributed by atoms with Gasteiger partial charge in [-0.3, -0.25) is 9.59 Å². The Morgan fingerprint density at radius 3 is 2.70 bits per heavy atom. The number of hydrogen-bond donors (Lipinski definition) is 1. The Hall–Kier alpha value is -3.38. The van der Waals surface area contributed by atoms with Crippen LogP contribution in [0.3, 0.4) is 0 Å². The van der Waals surface area contributed by atoms with Crippen molar-refractivity contribution < 1.29 is 9.53 Å². The lowest BCUT2D eigenvalue weighted by atomic mass is 10.1. The van der Waals surface area contributed by atoms with Crippen LogP contribution in [0.4, 0.5) is 0 Å². The van der Waals surface area contributed by atoms with Gasteiger partial charge in [0.15, 0.2) is 0 Å². The van der Waals surface area contributed by atoms with Crippen LogP contribution in [0.1, 0.15) is 28.8 Å². The zero-order chi connectivity index (χ0) is 20.5. The number of carbonyl (C=O) groups is 1. The van der Waals surface area contributed by atoms with Gasteiger partial charge in [-0.15, -0.1) is 0 Å². The van der Waals surface area contributed by atoms with Crippen molar-refractivity contribution in [1.29, 1.82) is 0 Å². The molecule has 2 aromatic carbocycles. The van der Waals surface area contributed by atoms with E-state index in [1.54, 1.807) is 4.57 Å². The third kappa shape index (κ3) is 3.39. The van der Waals surface area contributed by atoms with E-state index in [0.29, 0.717) is 24.2 Å². The second-order valence-electron chi connectivity index (χ2n) is 7.69. The predicted octanol–water partition coefficient (Wildman–Crippen LogP) is 3.21. The summed E-state index contributed by atoms with van der Waals surface area (Å²) in [5, 5.41) is 2.96. The maximum absolute atomic E-state index is 13.2.